The van der Waals surface area contributed by atoms with Crippen molar-refractivity contribution in [2.75, 3.05) is 36.5 Å². The van der Waals surface area contributed by atoms with E-state index in [2.05, 4.69) is 10.6 Å². The molecule has 1 fully saturated rings. The smallest absolute Gasteiger partial charge is 0.262 e. The molecule has 2 atom stereocenters. The highest BCUT2D eigenvalue weighted by molar-refractivity contribution is 7.91. The van der Waals surface area contributed by atoms with E-state index < -0.39 is 21.5 Å². The number of rotatable bonds is 4. The van der Waals surface area contributed by atoms with Crippen LogP contribution < -0.4 is 20.3 Å². The summed E-state index contributed by atoms with van der Waals surface area (Å²) in [4.78, 5) is 26.3. The summed E-state index contributed by atoms with van der Waals surface area (Å²) in [7, 11) is -1.57. The van der Waals surface area contributed by atoms with Crippen molar-refractivity contribution in [3.05, 3.63) is 24.3 Å². The summed E-state index contributed by atoms with van der Waals surface area (Å²) in [6.45, 7) is 2.00. The molecule has 9 heteroatoms. The minimum Gasteiger partial charge on any atom is -0.477 e. The number of nitrogens with zero attached hydrogens (tertiary/aromatic N) is 1. The summed E-state index contributed by atoms with van der Waals surface area (Å²) in [5.74, 6) is 0.0281. The number of hydrogen-bond acceptors (Lipinski definition) is 6. The molecule has 26 heavy (non-hydrogen) atoms. The topological polar surface area (TPSA) is 105 Å². The van der Waals surface area contributed by atoms with Gasteiger partial charge in [0.1, 0.15) is 5.75 Å². The van der Waals surface area contributed by atoms with E-state index in [1.807, 2.05) is 12.1 Å². The normalized spacial score (nSPS) is 26.5. The zero-order valence-electron chi connectivity index (χ0n) is 14.8. The fraction of sp³-hybridized carbons (Fsp3) is 0.529. The third-order valence-electron chi connectivity index (χ3n) is 4.68. The van der Waals surface area contributed by atoms with Crippen LogP contribution in [0.25, 0.3) is 0 Å². The standard InChI is InChI=1S/C17H23N3O5S/c1-17(7-8-26(23,24)11-17)19-15(21)10-20-9-14(16(22)18-2)25-13-6-4-3-5-12(13)20/h3-6,14H,7-11H2,1-2H3,(H,18,22)(H,19,21)/t14-,17-/m1/s1. The Morgan fingerprint density at radius 2 is 2.08 bits per heavy atom. The first-order valence-electron chi connectivity index (χ1n) is 8.45. The van der Waals surface area contributed by atoms with Gasteiger partial charge < -0.3 is 20.3 Å². The van der Waals surface area contributed by atoms with E-state index in [1.165, 1.54) is 7.05 Å². The van der Waals surface area contributed by atoms with E-state index in [4.69, 9.17) is 4.74 Å². The number of carbonyl (C=O) groups is 2. The van der Waals surface area contributed by atoms with Crippen molar-refractivity contribution in [1.29, 1.82) is 0 Å². The number of anilines is 1. The van der Waals surface area contributed by atoms with Crippen LogP contribution in [-0.4, -0.2) is 63.5 Å². The van der Waals surface area contributed by atoms with Gasteiger partial charge in [-0.15, -0.1) is 0 Å². The lowest BCUT2D eigenvalue weighted by atomic mass is 10.0. The molecule has 0 aromatic heterocycles. The van der Waals surface area contributed by atoms with E-state index >= 15 is 0 Å². The van der Waals surface area contributed by atoms with Gasteiger partial charge in [-0.25, -0.2) is 8.42 Å². The van der Waals surface area contributed by atoms with Crippen LogP contribution in [0.3, 0.4) is 0 Å². The summed E-state index contributed by atoms with van der Waals surface area (Å²) in [6.07, 6.45) is -0.313. The molecule has 2 amide bonds. The van der Waals surface area contributed by atoms with E-state index in [0.29, 0.717) is 12.2 Å². The maximum Gasteiger partial charge on any atom is 0.262 e. The Morgan fingerprint density at radius 3 is 2.73 bits per heavy atom. The minimum absolute atomic E-state index is 0.0174. The Balaban J connectivity index is 1.73. The lowest BCUT2D eigenvalue weighted by molar-refractivity contribution is -0.128. The van der Waals surface area contributed by atoms with Crippen molar-refractivity contribution in [2.45, 2.75) is 25.0 Å². The lowest BCUT2D eigenvalue weighted by Gasteiger charge is -2.35. The number of para-hydroxylation sites is 2. The number of fused-ring (bicyclic) bond motifs is 1. The third kappa shape index (κ3) is 3.92. The molecule has 2 N–H and O–H groups in total. The second kappa shape index (κ2) is 6.79. The van der Waals surface area contributed by atoms with E-state index in [0.717, 1.165) is 5.69 Å². The summed E-state index contributed by atoms with van der Waals surface area (Å²) in [6, 6.07) is 7.20. The van der Waals surface area contributed by atoms with Crippen LogP contribution in [-0.2, 0) is 19.4 Å². The van der Waals surface area contributed by atoms with Crippen LogP contribution in [0, 0.1) is 0 Å². The summed E-state index contributed by atoms with van der Waals surface area (Å²) < 4.78 is 29.1. The average molecular weight is 381 g/mol. The Hall–Kier alpha value is -2.29. The van der Waals surface area contributed by atoms with Crippen molar-refractivity contribution in [2.24, 2.45) is 0 Å². The fourth-order valence-electron chi connectivity index (χ4n) is 3.41. The predicted molar refractivity (Wildman–Crippen MR) is 97.0 cm³/mol. The van der Waals surface area contributed by atoms with Crippen LogP contribution in [0.4, 0.5) is 5.69 Å². The molecule has 8 nitrogen and oxygen atoms in total. The average Bonchev–Trinajstić information content (AvgIpc) is 2.86. The number of hydrogen-bond donors (Lipinski definition) is 2. The third-order valence-corrected chi connectivity index (χ3v) is 6.58. The first-order chi connectivity index (χ1) is 12.2. The number of benzene rings is 1. The van der Waals surface area contributed by atoms with Crippen molar-refractivity contribution in [3.63, 3.8) is 0 Å². The zero-order chi connectivity index (χ0) is 18.9. The second-order valence-corrected chi connectivity index (χ2v) is 9.20. The number of ether oxygens (including phenoxy) is 1. The van der Waals surface area contributed by atoms with Gasteiger partial charge in [-0.1, -0.05) is 12.1 Å². The highest BCUT2D eigenvalue weighted by Gasteiger charge is 2.40. The molecule has 1 aromatic carbocycles. The van der Waals surface area contributed by atoms with Gasteiger partial charge in [0.2, 0.25) is 5.91 Å². The molecule has 3 rings (SSSR count). The molecule has 0 aliphatic carbocycles. The van der Waals surface area contributed by atoms with Gasteiger partial charge in [0.05, 0.1) is 35.8 Å². The highest BCUT2D eigenvalue weighted by Crippen LogP contribution is 2.33. The van der Waals surface area contributed by atoms with E-state index in [9.17, 15) is 18.0 Å². The molecular formula is C17H23N3O5S. The number of amides is 2. The van der Waals surface area contributed by atoms with Gasteiger partial charge in [0.25, 0.3) is 5.91 Å². The number of sulfone groups is 1. The van der Waals surface area contributed by atoms with Crippen molar-refractivity contribution in [3.8, 4) is 5.75 Å². The number of likely N-dealkylation sites (N-methyl/N-ethyl adjacent to an activating group) is 1. The van der Waals surface area contributed by atoms with Crippen molar-refractivity contribution >= 4 is 27.3 Å². The first-order valence-corrected chi connectivity index (χ1v) is 10.3. The maximum atomic E-state index is 12.6. The summed E-state index contributed by atoms with van der Waals surface area (Å²) in [5.41, 5.74) is -0.0194. The molecule has 0 radical (unpaired) electrons. The highest BCUT2D eigenvalue weighted by atomic mass is 32.2. The molecule has 2 aliphatic heterocycles. The molecule has 0 spiro atoms. The number of nitrogens with one attached hydrogen (secondary N) is 2. The predicted octanol–water partition coefficient (Wildman–Crippen LogP) is -0.307. The molecule has 142 valence electrons. The summed E-state index contributed by atoms with van der Waals surface area (Å²) in [5, 5.41) is 5.40. The lowest BCUT2D eigenvalue weighted by Crippen LogP contribution is -2.54. The maximum absolute atomic E-state index is 12.6. The van der Waals surface area contributed by atoms with Crippen LogP contribution in [0.5, 0.6) is 5.75 Å². The van der Waals surface area contributed by atoms with Crippen LogP contribution >= 0.6 is 0 Å². The molecule has 2 aliphatic rings. The van der Waals surface area contributed by atoms with Gasteiger partial charge in [-0.3, -0.25) is 9.59 Å². The van der Waals surface area contributed by atoms with Gasteiger partial charge >= 0.3 is 0 Å². The van der Waals surface area contributed by atoms with E-state index in [1.54, 1.807) is 24.0 Å². The molecule has 2 heterocycles. The van der Waals surface area contributed by atoms with Gasteiger partial charge in [0.15, 0.2) is 15.9 Å². The Bertz CT molecular complexity index is 825. The van der Waals surface area contributed by atoms with E-state index in [-0.39, 0.29) is 36.4 Å². The fourth-order valence-corrected chi connectivity index (χ4v) is 5.51. The monoisotopic (exact) mass is 381 g/mol. The Morgan fingerprint density at radius 1 is 1.35 bits per heavy atom. The zero-order valence-corrected chi connectivity index (χ0v) is 15.6. The van der Waals surface area contributed by atoms with Gasteiger partial charge in [-0.05, 0) is 25.5 Å². The van der Waals surface area contributed by atoms with Crippen LogP contribution in [0.1, 0.15) is 13.3 Å². The molecule has 0 saturated carbocycles. The van der Waals surface area contributed by atoms with Crippen LogP contribution in [0.2, 0.25) is 0 Å². The second-order valence-electron chi connectivity index (χ2n) is 7.02. The van der Waals surface area contributed by atoms with Crippen LogP contribution in [0.15, 0.2) is 24.3 Å². The molecule has 1 aromatic rings. The SMILES string of the molecule is CNC(=O)[C@H]1CN(CC(=O)N[C@]2(C)CCS(=O)(=O)C2)c2ccccc2O1. The minimum atomic E-state index is -3.11. The number of carbonyl (C=O) groups excluding carboxylic acids is 2. The molecule has 1 saturated heterocycles. The molecule has 0 bridgehead atoms. The molecule has 0 unspecified atom stereocenters. The first kappa shape index (κ1) is 18.5. The quantitative estimate of drug-likeness (QED) is 0.742. The Kier molecular flexibility index (Phi) is 4.83. The van der Waals surface area contributed by atoms with Crippen molar-refractivity contribution in [1.82, 2.24) is 10.6 Å². The van der Waals surface area contributed by atoms with Gasteiger partial charge in [0, 0.05) is 7.05 Å². The Labute approximate surface area is 152 Å². The van der Waals surface area contributed by atoms with Crippen molar-refractivity contribution < 1.29 is 22.7 Å². The molecular weight excluding hydrogens is 358 g/mol. The largest absolute Gasteiger partial charge is 0.477 e. The van der Waals surface area contributed by atoms with Gasteiger partial charge in [-0.2, -0.15) is 0 Å². The summed E-state index contributed by atoms with van der Waals surface area (Å²) >= 11 is 0.